The molecule has 0 saturated carbocycles. The minimum absolute atomic E-state index is 0.0974. The number of nitrogens with zero attached hydrogens (tertiary/aromatic N) is 2. The molecule has 1 aromatic heterocycles. The molecule has 26 heavy (non-hydrogen) atoms. The van der Waals surface area contributed by atoms with Crippen LogP contribution in [0.15, 0.2) is 77.1 Å². The highest BCUT2D eigenvalue weighted by Crippen LogP contribution is 2.18. The topological polar surface area (TPSA) is 58.7 Å². The van der Waals surface area contributed by atoms with E-state index >= 15 is 0 Å². The van der Waals surface area contributed by atoms with Crippen molar-refractivity contribution >= 4 is 34.5 Å². The van der Waals surface area contributed by atoms with E-state index in [1.807, 2.05) is 79.2 Å². The maximum atomic E-state index is 12.3. The maximum Gasteiger partial charge on any atom is 0.227 e. The molecule has 2 N–H and O–H groups in total. The van der Waals surface area contributed by atoms with Gasteiger partial charge in [0.25, 0.3) is 0 Å². The Labute approximate surface area is 157 Å². The van der Waals surface area contributed by atoms with Crippen LogP contribution in [0.25, 0.3) is 0 Å². The molecule has 1 heterocycles. The highest BCUT2D eigenvalue weighted by molar-refractivity contribution is 7.12. The zero-order valence-electron chi connectivity index (χ0n) is 14.6. The van der Waals surface area contributed by atoms with E-state index in [4.69, 9.17) is 5.73 Å². The van der Waals surface area contributed by atoms with Crippen LogP contribution in [0.2, 0.25) is 0 Å². The predicted molar refractivity (Wildman–Crippen MR) is 109 cm³/mol. The molecular weight excluding hydrogens is 342 g/mol. The Bertz CT molecular complexity index is 871. The molecule has 1 amide bonds. The van der Waals surface area contributed by atoms with Crippen molar-refractivity contribution in [3.05, 3.63) is 82.6 Å². The number of aliphatic imine (C=N–C) groups is 1. The first kappa shape index (κ1) is 17.9. The number of nitrogens with two attached hydrogens (primary N) is 1. The van der Waals surface area contributed by atoms with Crippen molar-refractivity contribution in [3.63, 3.8) is 0 Å². The van der Waals surface area contributed by atoms with Gasteiger partial charge in [-0.05, 0) is 47.7 Å². The fraction of sp³-hybridized carbons (Fsp3) is 0.143. The number of amides is 1. The average molecular weight is 363 g/mol. The van der Waals surface area contributed by atoms with Crippen molar-refractivity contribution in [2.45, 2.75) is 12.8 Å². The van der Waals surface area contributed by atoms with Crippen molar-refractivity contribution < 1.29 is 4.79 Å². The van der Waals surface area contributed by atoms with Gasteiger partial charge in [-0.15, -0.1) is 11.3 Å². The number of rotatable bonds is 6. The molecular formula is C21H21N3OS. The summed E-state index contributed by atoms with van der Waals surface area (Å²) < 4.78 is 0. The van der Waals surface area contributed by atoms with Crippen molar-refractivity contribution in [1.82, 2.24) is 0 Å². The van der Waals surface area contributed by atoms with Crippen LogP contribution in [-0.4, -0.2) is 18.8 Å². The Morgan fingerprint density at radius 1 is 1.04 bits per heavy atom. The minimum atomic E-state index is 0.0974. The molecule has 0 radical (unpaired) electrons. The first-order valence-electron chi connectivity index (χ1n) is 8.42. The largest absolute Gasteiger partial charge is 0.383 e. The van der Waals surface area contributed by atoms with Gasteiger partial charge in [0.15, 0.2) is 0 Å². The van der Waals surface area contributed by atoms with Crippen LogP contribution in [-0.2, 0) is 11.2 Å². The standard InChI is InChI=1S/C21H21N3OS/c1-24(18-6-3-2-4-7-18)20(25)14-11-16-9-12-17(13-10-16)23-21(22)19-8-5-15-26-19/h2-10,12-13,15H,11,14H2,1H3,(H2,22,23). The fourth-order valence-electron chi connectivity index (χ4n) is 2.57. The molecule has 2 aromatic carbocycles. The Morgan fingerprint density at radius 3 is 2.42 bits per heavy atom. The number of aryl methyl sites for hydroxylation is 1. The lowest BCUT2D eigenvalue weighted by Gasteiger charge is -2.17. The predicted octanol–water partition coefficient (Wildman–Crippen LogP) is 4.38. The highest BCUT2D eigenvalue weighted by atomic mass is 32.1. The van der Waals surface area contributed by atoms with E-state index in [0.717, 1.165) is 21.8 Å². The van der Waals surface area contributed by atoms with E-state index in [0.29, 0.717) is 18.7 Å². The smallest absolute Gasteiger partial charge is 0.227 e. The lowest BCUT2D eigenvalue weighted by molar-refractivity contribution is -0.118. The lowest BCUT2D eigenvalue weighted by Crippen LogP contribution is -2.26. The number of anilines is 1. The molecule has 0 spiro atoms. The summed E-state index contributed by atoms with van der Waals surface area (Å²) >= 11 is 1.57. The van der Waals surface area contributed by atoms with Gasteiger partial charge in [0.1, 0.15) is 5.84 Å². The molecule has 0 bridgehead atoms. The van der Waals surface area contributed by atoms with E-state index in [1.165, 1.54) is 0 Å². The summed E-state index contributed by atoms with van der Waals surface area (Å²) in [6.45, 7) is 0. The molecule has 132 valence electrons. The third-order valence-corrected chi connectivity index (χ3v) is 5.00. The fourth-order valence-corrected chi connectivity index (χ4v) is 3.20. The summed E-state index contributed by atoms with van der Waals surface area (Å²) in [5.74, 6) is 0.618. The van der Waals surface area contributed by atoms with Gasteiger partial charge in [-0.25, -0.2) is 4.99 Å². The quantitative estimate of drug-likeness (QED) is 0.522. The number of carbonyl (C=O) groups is 1. The molecule has 0 fully saturated rings. The second kappa shape index (κ2) is 8.45. The van der Waals surface area contributed by atoms with Crippen LogP contribution in [0, 0.1) is 0 Å². The second-order valence-electron chi connectivity index (χ2n) is 5.93. The molecule has 0 aliphatic rings. The third-order valence-electron chi connectivity index (χ3n) is 4.10. The number of carbonyl (C=O) groups excluding carboxylic acids is 1. The summed E-state index contributed by atoms with van der Waals surface area (Å²) in [6.07, 6.45) is 1.16. The summed E-state index contributed by atoms with van der Waals surface area (Å²) in [7, 11) is 1.81. The molecule has 0 aliphatic heterocycles. The zero-order chi connectivity index (χ0) is 18.4. The second-order valence-corrected chi connectivity index (χ2v) is 6.88. The average Bonchev–Trinajstić information content (AvgIpc) is 3.22. The third kappa shape index (κ3) is 4.58. The van der Waals surface area contributed by atoms with Gasteiger partial charge in [-0.2, -0.15) is 0 Å². The Hall–Kier alpha value is -2.92. The van der Waals surface area contributed by atoms with Crippen LogP contribution in [0.5, 0.6) is 0 Å². The highest BCUT2D eigenvalue weighted by Gasteiger charge is 2.10. The Balaban J connectivity index is 1.58. The van der Waals surface area contributed by atoms with Crippen LogP contribution in [0.3, 0.4) is 0 Å². The van der Waals surface area contributed by atoms with Gasteiger partial charge >= 0.3 is 0 Å². The van der Waals surface area contributed by atoms with E-state index in [9.17, 15) is 4.79 Å². The van der Waals surface area contributed by atoms with Gasteiger partial charge in [-0.3, -0.25) is 4.79 Å². The summed E-state index contributed by atoms with van der Waals surface area (Å²) in [5, 5.41) is 1.98. The summed E-state index contributed by atoms with van der Waals surface area (Å²) in [5.41, 5.74) is 8.83. The lowest BCUT2D eigenvalue weighted by atomic mass is 10.1. The summed E-state index contributed by atoms with van der Waals surface area (Å²) in [4.78, 5) is 19.4. The van der Waals surface area contributed by atoms with Gasteiger partial charge in [0, 0.05) is 19.2 Å². The van der Waals surface area contributed by atoms with Crippen LogP contribution < -0.4 is 10.6 Å². The molecule has 0 atom stereocenters. The maximum absolute atomic E-state index is 12.3. The Morgan fingerprint density at radius 2 is 1.77 bits per heavy atom. The normalized spacial score (nSPS) is 11.3. The molecule has 0 aliphatic carbocycles. The van der Waals surface area contributed by atoms with E-state index in [-0.39, 0.29) is 5.91 Å². The van der Waals surface area contributed by atoms with Crippen LogP contribution in [0.1, 0.15) is 16.9 Å². The molecule has 0 saturated heterocycles. The Kier molecular flexibility index (Phi) is 5.81. The molecule has 0 unspecified atom stereocenters. The molecule has 3 rings (SSSR count). The van der Waals surface area contributed by atoms with Gasteiger partial charge in [-0.1, -0.05) is 36.4 Å². The number of hydrogen-bond acceptors (Lipinski definition) is 3. The van der Waals surface area contributed by atoms with E-state index < -0.39 is 0 Å². The minimum Gasteiger partial charge on any atom is -0.383 e. The number of amidine groups is 1. The first-order chi connectivity index (χ1) is 12.6. The van der Waals surface area contributed by atoms with Gasteiger partial charge in [0.05, 0.1) is 10.6 Å². The number of para-hydroxylation sites is 1. The number of thiophene rings is 1. The SMILES string of the molecule is CN(C(=O)CCc1ccc(N=C(N)c2cccs2)cc1)c1ccccc1. The van der Waals surface area contributed by atoms with Crippen LogP contribution in [0.4, 0.5) is 11.4 Å². The van der Waals surface area contributed by atoms with Gasteiger partial charge in [0.2, 0.25) is 5.91 Å². The van der Waals surface area contributed by atoms with Crippen molar-refractivity contribution in [2.24, 2.45) is 10.7 Å². The number of benzene rings is 2. The molecule has 4 nitrogen and oxygen atoms in total. The van der Waals surface area contributed by atoms with E-state index in [1.54, 1.807) is 16.2 Å². The van der Waals surface area contributed by atoms with Gasteiger partial charge < -0.3 is 10.6 Å². The van der Waals surface area contributed by atoms with Crippen molar-refractivity contribution in [1.29, 1.82) is 0 Å². The molecule has 5 heteroatoms. The summed E-state index contributed by atoms with van der Waals surface area (Å²) in [6, 6.07) is 21.4. The van der Waals surface area contributed by atoms with E-state index in [2.05, 4.69) is 4.99 Å². The molecule has 3 aromatic rings. The van der Waals surface area contributed by atoms with Crippen molar-refractivity contribution in [3.8, 4) is 0 Å². The first-order valence-corrected chi connectivity index (χ1v) is 9.30. The monoisotopic (exact) mass is 363 g/mol. The van der Waals surface area contributed by atoms with Crippen LogP contribution >= 0.6 is 11.3 Å². The zero-order valence-corrected chi connectivity index (χ0v) is 15.4. The van der Waals surface area contributed by atoms with Crippen molar-refractivity contribution in [2.75, 3.05) is 11.9 Å². The number of hydrogen-bond donors (Lipinski definition) is 1.